The summed E-state index contributed by atoms with van der Waals surface area (Å²) in [5, 5.41) is 4.73. The zero-order valence-electron chi connectivity index (χ0n) is 18.2. The molecule has 1 aromatic carbocycles. The molecule has 2 N–H and O–H groups in total. The van der Waals surface area contributed by atoms with Crippen LogP contribution < -0.4 is 15.8 Å². The Bertz CT molecular complexity index is 1320. The summed E-state index contributed by atoms with van der Waals surface area (Å²) < 4.78 is 5.44. The highest BCUT2D eigenvalue weighted by atomic mass is 16.5. The van der Waals surface area contributed by atoms with E-state index in [2.05, 4.69) is 39.2 Å². The van der Waals surface area contributed by atoms with Crippen LogP contribution in [0.1, 0.15) is 11.1 Å². The maximum absolute atomic E-state index is 12.7. The Hall–Kier alpha value is -3.71. The smallest absolute Gasteiger partial charge is 0.259 e. The van der Waals surface area contributed by atoms with Crippen LogP contribution in [-0.4, -0.2) is 41.3 Å². The third-order valence-corrected chi connectivity index (χ3v) is 6.00. The minimum atomic E-state index is -0.173. The first-order valence-corrected chi connectivity index (χ1v) is 10.7. The lowest BCUT2D eigenvalue weighted by Gasteiger charge is -2.28. The van der Waals surface area contributed by atoms with Gasteiger partial charge in [-0.05, 0) is 66.8 Å². The van der Waals surface area contributed by atoms with Gasteiger partial charge in [0, 0.05) is 48.6 Å². The summed E-state index contributed by atoms with van der Waals surface area (Å²) in [5.41, 5.74) is 5.82. The molecular formula is C25H25N5O2. The number of hydrogen-bond donors (Lipinski definition) is 2. The van der Waals surface area contributed by atoms with Crippen molar-refractivity contribution in [1.29, 1.82) is 0 Å². The van der Waals surface area contributed by atoms with E-state index in [0.29, 0.717) is 11.2 Å². The molecule has 1 saturated heterocycles. The molecule has 0 aliphatic carbocycles. The Kier molecular flexibility index (Phi) is 5.33. The molecule has 32 heavy (non-hydrogen) atoms. The Balaban J connectivity index is 1.55. The highest BCUT2D eigenvalue weighted by Crippen LogP contribution is 2.30. The highest BCUT2D eigenvalue weighted by Gasteiger charge is 2.15. The molecule has 0 unspecified atom stereocenters. The number of pyridine rings is 3. The molecule has 7 heteroatoms. The first kappa shape index (κ1) is 20.2. The molecule has 7 nitrogen and oxygen atoms in total. The summed E-state index contributed by atoms with van der Waals surface area (Å²) in [5.74, 6) is 0.527. The van der Waals surface area contributed by atoms with Crippen LogP contribution in [0, 0.1) is 13.8 Å². The molecule has 3 aromatic heterocycles. The molecule has 0 amide bonds. The van der Waals surface area contributed by atoms with Gasteiger partial charge in [-0.15, -0.1) is 0 Å². The molecule has 1 aliphatic heterocycles. The molecule has 1 aliphatic rings. The molecule has 162 valence electrons. The van der Waals surface area contributed by atoms with Gasteiger partial charge >= 0.3 is 0 Å². The van der Waals surface area contributed by atoms with E-state index in [1.54, 1.807) is 6.20 Å². The summed E-state index contributed by atoms with van der Waals surface area (Å²) in [4.78, 5) is 26.9. The van der Waals surface area contributed by atoms with Gasteiger partial charge in [0.2, 0.25) is 0 Å². The lowest BCUT2D eigenvalue weighted by atomic mass is 10.0. The maximum atomic E-state index is 12.7. The second-order valence-corrected chi connectivity index (χ2v) is 8.03. The second kappa shape index (κ2) is 8.43. The second-order valence-electron chi connectivity index (χ2n) is 8.03. The first-order chi connectivity index (χ1) is 15.6. The number of nitrogens with zero attached hydrogens (tertiary/aromatic N) is 3. The van der Waals surface area contributed by atoms with Crippen molar-refractivity contribution in [3.8, 4) is 11.3 Å². The van der Waals surface area contributed by atoms with Crippen molar-refractivity contribution < 1.29 is 4.74 Å². The van der Waals surface area contributed by atoms with E-state index >= 15 is 0 Å². The van der Waals surface area contributed by atoms with Crippen molar-refractivity contribution >= 4 is 28.0 Å². The van der Waals surface area contributed by atoms with Crippen molar-refractivity contribution in [2.24, 2.45) is 0 Å². The van der Waals surface area contributed by atoms with Crippen LogP contribution in [0.3, 0.4) is 0 Å². The Labute approximate surface area is 186 Å². The van der Waals surface area contributed by atoms with Crippen LogP contribution >= 0.6 is 0 Å². The number of benzene rings is 1. The Morgan fingerprint density at radius 2 is 1.84 bits per heavy atom. The number of aromatic amines is 1. The number of hydrogen-bond acceptors (Lipinski definition) is 6. The third-order valence-electron chi connectivity index (χ3n) is 6.00. The topological polar surface area (TPSA) is 83.1 Å². The average Bonchev–Trinajstić information content (AvgIpc) is 2.82. The minimum Gasteiger partial charge on any atom is -0.378 e. The van der Waals surface area contributed by atoms with Gasteiger partial charge in [0.25, 0.3) is 5.56 Å². The number of anilines is 3. The minimum absolute atomic E-state index is 0.173. The average molecular weight is 428 g/mol. The van der Waals surface area contributed by atoms with Gasteiger partial charge < -0.3 is 19.9 Å². The molecule has 0 bridgehead atoms. The lowest BCUT2D eigenvalue weighted by molar-refractivity contribution is 0.122. The van der Waals surface area contributed by atoms with E-state index in [9.17, 15) is 4.79 Å². The van der Waals surface area contributed by atoms with Crippen LogP contribution in [0.2, 0.25) is 0 Å². The number of fused-ring (bicyclic) bond motifs is 1. The molecule has 1 fully saturated rings. The van der Waals surface area contributed by atoms with Crippen molar-refractivity contribution in [3.05, 3.63) is 76.5 Å². The quantitative estimate of drug-likeness (QED) is 0.508. The molecule has 0 spiro atoms. The molecule has 5 rings (SSSR count). The van der Waals surface area contributed by atoms with Crippen LogP contribution in [0.25, 0.3) is 22.0 Å². The number of aromatic nitrogens is 3. The van der Waals surface area contributed by atoms with Crippen molar-refractivity contribution in [3.63, 3.8) is 0 Å². The number of morpholine rings is 1. The van der Waals surface area contributed by atoms with Crippen molar-refractivity contribution in [2.75, 3.05) is 36.5 Å². The summed E-state index contributed by atoms with van der Waals surface area (Å²) in [7, 11) is 0. The van der Waals surface area contributed by atoms with Gasteiger partial charge in [0.1, 0.15) is 5.82 Å². The highest BCUT2D eigenvalue weighted by molar-refractivity contribution is 5.95. The van der Waals surface area contributed by atoms with Crippen molar-refractivity contribution in [2.45, 2.75) is 13.8 Å². The standard InChI is InChI=1S/C25H25N5O2/c1-16-14-26-15-21(17(16)2)22-13-18-7-8-27-25(31)23(18)24(29-22)28-19-3-5-20(6-4-19)30-9-11-32-12-10-30/h3-8,13-15H,9-12H2,1-2H3,(H,27,31)(H,28,29). The monoisotopic (exact) mass is 427 g/mol. The van der Waals surface area contributed by atoms with E-state index in [4.69, 9.17) is 9.72 Å². The number of aryl methyl sites for hydroxylation is 1. The van der Waals surface area contributed by atoms with Gasteiger partial charge in [-0.2, -0.15) is 0 Å². The van der Waals surface area contributed by atoms with Gasteiger partial charge in [-0.1, -0.05) is 0 Å². The van der Waals surface area contributed by atoms with Crippen LogP contribution in [0.15, 0.2) is 59.8 Å². The van der Waals surface area contributed by atoms with E-state index in [1.165, 1.54) is 0 Å². The molecule has 0 radical (unpaired) electrons. The fourth-order valence-electron chi connectivity index (χ4n) is 4.04. The normalized spacial score (nSPS) is 14.0. The number of ether oxygens (including phenoxy) is 1. The molecule has 0 saturated carbocycles. The fourth-order valence-corrected chi connectivity index (χ4v) is 4.04. The number of nitrogens with one attached hydrogen (secondary N) is 2. The van der Waals surface area contributed by atoms with E-state index in [1.807, 2.05) is 43.6 Å². The predicted octanol–water partition coefficient (Wildman–Crippen LogP) is 4.18. The molecule has 0 atom stereocenters. The third kappa shape index (κ3) is 3.83. The number of H-pyrrole nitrogens is 1. The number of rotatable bonds is 4. The largest absolute Gasteiger partial charge is 0.378 e. The Morgan fingerprint density at radius 1 is 1.06 bits per heavy atom. The zero-order valence-corrected chi connectivity index (χ0v) is 18.2. The van der Waals surface area contributed by atoms with Crippen LogP contribution in [0.5, 0.6) is 0 Å². The zero-order chi connectivity index (χ0) is 22.1. The summed E-state index contributed by atoms with van der Waals surface area (Å²) >= 11 is 0. The Morgan fingerprint density at radius 3 is 2.62 bits per heavy atom. The maximum Gasteiger partial charge on any atom is 0.259 e. The fraction of sp³-hybridized carbons (Fsp3) is 0.240. The van der Waals surface area contributed by atoms with Crippen LogP contribution in [0.4, 0.5) is 17.2 Å². The van der Waals surface area contributed by atoms with E-state index in [0.717, 1.165) is 65.4 Å². The summed E-state index contributed by atoms with van der Waals surface area (Å²) in [6.07, 6.45) is 5.33. The first-order valence-electron chi connectivity index (χ1n) is 10.7. The molecule has 4 heterocycles. The van der Waals surface area contributed by atoms with Crippen molar-refractivity contribution in [1.82, 2.24) is 15.0 Å². The van der Waals surface area contributed by atoms with Crippen LogP contribution in [-0.2, 0) is 4.74 Å². The summed E-state index contributed by atoms with van der Waals surface area (Å²) in [6.45, 7) is 7.37. The van der Waals surface area contributed by atoms with E-state index < -0.39 is 0 Å². The predicted molar refractivity (Wildman–Crippen MR) is 128 cm³/mol. The SMILES string of the molecule is Cc1cncc(-c2cc3cc[nH]c(=O)c3c(Nc3ccc(N4CCOCC4)cc3)n2)c1C. The van der Waals surface area contributed by atoms with Gasteiger partial charge in [0.05, 0.1) is 24.3 Å². The van der Waals surface area contributed by atoms with Gasteiger partial charge in [-0.3, -0.25) is 9.78 Å². The van der Waals surface area contributed by atoms with Gasteiger partial charge in [0.15, 0.2) is 0 Å². The summed E-state index contributed by atoms with van der Waals surface area (Å²) in [6, 6.07) is 12.0. The molecule has 4 aromatic rings. The lowest BCUT2D eigenvalue weighted by Crippen LogP contribution is -2.36. The van der Waals surface area contributed by atoms with Gasteiger partial charge in [-0.25, -0.2) is 4.98 Å². The van der Waals surface area contributed by atoms with E-state index in [-0.39, 0.29) is 5.56 Å². The molecular weight excluding hydrogens is 402 g/mol.